The second-order valence-electron chi connectivity index (χ2n) is 16.1. The van der Waals surface area contributed by atoms with E-state index in [2.05, 4.69) is 21.4 Å². The summed E-state index contributed by atoms with van der Waals surface area (Å²) in [4.78, 5) is 40.4. The van der Waals surface area contributed by atoms with Gasteiger partial charge in [-0.05, 0) is 89.4 Å². The molecule has 2 fully saturated rings. The molecule has 2 aliphatic heterocycles. The number of benzene rings is 3. The Kier molecular flexibility index (Phi) is 15.1. The summed E-state index contributed by atoms with van der Waals surface area (Å²) in [5, 5.41) is 14.4. The van der Waals surface area contributed by atoms with E-state index in [4.69, 9.17) is 32.7 Å². The average molecular weight is 833 g/mol. The van der Waals surface area contributed by atoms with Crippen molar-refractivity contribution < 1.29 is 47.1 Å². The van der Waals surface area contributed by atoms with Gasteiger partial charge in [0.15, 0.2) is 5.54 Å². The summed E-state index contributed by atoms with van der Waals surface area (Å²) in [6.07, 6.45) is -3.01. The molecule has 318 valence electrons. The van der Waals surface area contributed by atoms with E-state index in [-0.39, 0.29) is 38.1 Å². The van der Waals surface area contributed by atoms with E-state index in [9.17, 15) is 19.6 Å². The Balaban J connectivity index is 1.65. The molecule has 14 nitrogen and oxygen atoms in total. The van der Waals surface area contributed by atoms with Crippen LogP contribution in [0.25, 0.3) is 0 Å². The standard InChI is InChI=1S/C44H57N4O10P/c1-29(2)48(30(3)4)59(55-25-13-24-45)58-36-26-38(43(40(50)57-42(5,6)7)27-39(49)46-41(51)47-43)56-37(36)28-54-44(31-14-11-10-12-15-31,32-16-20-34(52-8)21-17-32)33-18-22-35(53-9)23-19-33/h10-12,14-23,29-30,36-38H,13,25-28H2,1-9H3,(H2,46,47,49,51)/t36-,37+,38+,43?,59?/m0/s1. The van der Waals surface area contributed by atoms with Crippen molar-refractivity contribution >= 4 is 26.4 Å². The quantitative estimate of drug-likeness (QED) is 0.0577. The van der Waals surface area contributed by atoms with Crippen molar-refractivity contribution in [3.63, 3.8) is 0 Å². The molecule has 0 bridgehead atoms. The highest BCUT2D eigenvalue weighted by atomic mass is 31.2. The first-order chi connectivity index (χ1) is 28.1. The van der Waals surface area contributed by atoms with Crippen LogP contribution in [0.4, 0.5) is 4.79 Å². The van der Waals surface area contributed by atoms with Gasteiger partial charge in [-0.2, -0.15) is 5.26 Å². The number of amides is 3. The molecule has 3 aromatic carbocycles. The van der Waals surface area contributed by atoms with E-state index in [0.717, 1.165) is 16.7 Å². The number of ether oxygens (including phenoxy) is 5. The second-order valence-corrected chi connectivity index (χ2v) is 17.5. The number of nitrogens with one attached hydrogen (secondary N) is 2. The largest absolute Gasteiger partial charge is 0.497 e. The molecule has 2 unspecified atom stereocenters. The summed E-state index contributed by atoms with van der Waals surface area (Å²) in [6, 6.07) is 26.3. The van der Waals surface area contributed by atoms with Gasteiger partial charge in [-0.3, -0.25) is 10.1 Å². The number of methoxy groups -OCH3 is 2. The molecule has 59 heavy (non-hydrogen) atoms. The number of rotatable bonds is 18. The minimum Gasteiger partial charge on any atom is -0.497 e. The van der Waals surface area contributed by atoms with Gasteiger partial charge in [-0.15, -0.1) is 0 Å². The SMILES string of the molecule is COc1ccc(C(OC[C@H]2O[C@@H](C3(C(=O)OC(C)(C)C)CC(=O)NC(=O)N3)C[C@@H]2OP(OCCC#N)N(C(C)C)C(C)C)(c2ccccc2)c2ccc(OC)cc2)cc1. The van der Waals surface area contributed by atoms with Crippen LogP contribution in [0.3, 0.4) is 0 Å². The minimum atomic E-state index is -1.90. The number of nitrogens with zero attached hydrogens (tertiary/aromatic N) is 2. The molecule has 0 aliphatic carbocycles. The molecule has 0 radical (unpaired) electrons. The Bertz CT molecular complexity index is 1840. The molecule has 0 aromatic heterocycles. The van der Waals surface area contributed by atoms with Crippen LogP contribution in [0.1, 0.15) is 84.4 Å². The van der Waals surface area contributed by atoms with E-state index in [0.29, 0.717) is 11.5 Å². The number of esters is 1. The van der Waals surface area contributed by atoms with Crippen molar-refractivity contribution in [1.82, 2.24) is 15.3 Å². The number of hydrogen-bond acceptors (Lipinski definition) is 12. The summed E-state index contributed by atoms with van der Waals surface area (Å²) in [5.74, 6) is -0.143. The topological polar surface area (TPSA) is 167 Å². The zero-order chi connectivity index (χ0) is 43.0. The minimum absolute atomic E-state index is 0.0127. The van der Waals surface area contributed by atoms with E-state index in [1.165, 1.54) is 0 Å². The van der Waals surface area contributed by atoms with Crippen molar-refractivity contribution in [2.45, 2.75) is 115 Å². The lowest BCUT2D eigenvalue weighted by Gasteiger charge is -2.40. The molecule has 3 amide bonds. The van der Waals surface area contributed by atoms with Gasteiger partial charge >= 0.3 is 12.0 Å². The monoisotopic (exact) mass is 832 g/mol. The van der Waals surface area contributed by atoms with Crippen LogP contribution < -0.4 is 20.1 Å². The van der Waals surface area contributed by atoms with Crippen molar-refractivity contribution in [2.24, 2.45) is 0 Å². The van der Waals surface area contributed by atoms with Crippen LogP contribution in [0.2, 0.25) is 0 Å². The zero-order valence-electron chi connectivity index (χ0n) is 35.4. The smallest absolute Gasteiger partial charge is 0.335 e. The molecule has 0 saturated carbocycles. The highest BCUT2D eigenvalue weighted by molar-refractivity contribution is 7.44. The third kappa shape index (κ3) is 10.6. The molecule has 2 saturated heterocycles. The molecule has 5 rings (SSSR count). The summed E-state index contributed by atoms with van der Waals surface area (Å²) >= 11 is 0. The highest BCUT2D eigenvalue weighted by Crippen LogP contribution is 2.51. The number of carbonyl (C=O) groups excluding carboxylic acids is 3. The lowest BCUT2D eigenvalue weighted by atomic mass is 9.80. The van der Waals surface area contributed by atoms with Gasteiger partial charge < -0.3 is 38.0 Å². The summed E-state index contributed by atoms with van der Waals surface area (Å²) in [6.45, 7) is 13.3. The number of urea groups is 1. The lowest BCUT2D eigenvalue weighted by Crippen LogP contribution is -2.70. The van der Waals surface area contributed by atoms with Crippen LogP contribution in [-0.4, -0.2) is 91.5 Å². The Morgan fingerprint density at radius 1 is 0.915 bits per heavy atom. The first-order valence-corrected chi connectivity index (χ1v) is 20.9. The Morgan fingerprint density at radius 3 is 1.97 bits per heavy atom. The van der Waals surface area contributed by atoms with Gasteiger partial charge in [-0.25, -0.2) is 14.3 Å². The van der Waals surface area contributed by atoms with Gasteiger partial charge in [0.2, 0.25) is 5.91 Å². The second kappa shape index (κ2) is 19.6. The van der Waals surface area contributed by atoms with Gasteiger partial charge in [0.1, 0.15) is 28.8 Å². The first kappa shape index (κ1) is 45.5. The first-order valence-electron chi connectivity index (χ1n) is 19.8. The van der Waals surface area contributed by atoms with Gasteiger partial charge in [0.25, 0.3) is 8.53 Å². The predicted octanol–water partition coefficient (Wildman–Crippen LogP) is 7.14. The zero-order valence-corrected chi connectivity index (χ0v) is 36.2. The van der Waals surface area contributed by atoms with Gasteiger partial charge in [0, 0.05) is 18.5 Å². The van der Waals surface area contributed by atoms with Crippen LogP contribution in [0.5, 0.6) is 11.5 Å². The summed E-state index contributed by atoms with van der Waals surface area (Å²) < 4.78 is 46.4. The van der Waals surface area contributed by atoms with Crippen molar-refractivity contribution in [1.29, 1.82) is 5.26 Å². The Labute approximate surface area is 348 Å². The Morgan fingerprint density at radius 2 is 1.47 bits per heavy atom. The number of hydrogen-bond donors (Lipinski definition) is 2. The molecule has 3 aromatic rings. The van der Waals surface area contributed by atoms with E-state index in [1.54, 1.807) is 35.0 Å². The fraction of sp³-hybridized carbons (Fsp3) is 0.500. The molecule has 2 aliphatic rings. The molecule has 2 heterocycles. The molecule has 0 spiro atoms. The summed E-state index contributed by atoms with van der Waals surface area (Å²) in [5.41, 5.74) is -1.69. The third-order valence-electron chi connectivity index (χ3n) is 10.1. The normalized spacial score (nSPS) is 21.5. The molecular weight excluding hydrogens is 775 g/mol. The van der Waals surface area contributed by atoms with E-state index >= 15 is 0 Å². The third-order valence-corrected chi connectivity index (χ3v) is 12.2. The molecule has 2 N–H and O–H groups in total. The summed E-state index contributed by atoms with van der Waals surface area (Å²) in [7, 11) is 1.41. The average Bonchev–Trinajstić information content (AvgIpc) is 3.60. The van der Waals surface area contributed by atoms with Crippen LogP contribution in [-0.2, 0) is 38.4 Å². The predicted molar refractivity (Wildman–Crippen MR) is 221 cm³/mol. The van der Waals surface area contributed by atoms with Gasteiger partial charge in [-0.1, -0.05) is 54.6 Å². The number of nitriles is 1. The fourth-order valence-corrected chi connectivity index (χ4v) is 9.26. The van der Waals surface area contributed by atoms with E-state index < -0.39 is 67.9 Å². The Hall–Kier alpha value is -4.61. The van der Waals surface area contributed by atoms with Crippen molar-refractivity contribution in [2.75, 3.05) is 27.4 Å². The maximum atomic E-state index is 14.2. The van der Waals surface area contributed by atoms with Crippen LogP contribution in [0.15, 0.2) is 78.9 Å². The van der Waals surface area contributed by atoms with Crippen LogP contribution >= 0.6 is 8.53 Å². The van der Waals surface area contributed by atoms with E-state index in [1.807, 2.05) is 107 Å². The van der Waals surface area contributed by atoms with Gasteiger partial charge in [0.05, 0.1) is 58.6 Å². The molecule has 15 heteroatoms. The molecule has 5 atom stereocenters. The highest BCUT2D eigenvalue weighted by Gasteiger charge is 2.59. The lowest BCUT2D eigenvalue weighted by molar-refractivity contribution is -0.174. The molecular formula is C44H57N4O10P. The van der Waals surface area contributed by atoms with Crippen LogP contribution in [0, 0.1) is 11.3 Å². The maximum absolute atomic E-state index is 14.2. The maximum Gasteiger partial charge on any atom is 0.335 e. The fourth-order valence-electron chi connectivity index (χ4n) is 7.50. The number of carbonyl (C=O) groups is 3. The number of imide groups is 1. The van der Waals surface area contributed by atoms with Crippen molar-refractivity contribution in [3.8, 4) is 17.6 Å². The van der Waals surface area contributed by atoms with Crippen molar-refractivity contribution in [3.05, 3.63) is 95.6 Å².